The first kappa shape index (κ1) is 32.8. The molecular weight excluding hydrogens is 635 g/mol. The largest absolute Gasteiger partial charge is 0.477 e. The number of fused-ring (bicyclic) bond motifs is 1. The lowest BCUT2D eigenvalue weighted by Gasteiger charge is -2.38. The zero-order valence-electron chi connectivity index (χ0n) is 26.0. The SMILES string of the molecule is CCOc1ncccc1-c1ccc(N2CCN3C(=O)N(c4ccc(Cl)cc4C(F)(F)F)C[C@@H]3C2)c(C(=O)NCCC2CCNCC2)n1. The molecule has 0 saturated carbocycles. The van der Waals surface area contributed by atoms with Crippen LogP contribution in [-0.2, 0) is 6.18 Å². The number of halogens is 4. The quantitative estimate of drug-likeness (QED) is 0.311. The van der Waals surface area contributed by atoms with E-state index in [0.717, 1.165) is 38.4 Å². The Labute approximate surface area is 276 Å². The van der Waals surface area contributed by atoms with E-state index in [9.17, 15) is 22.8 Å². The highest BCUT2D eigenvalue weighted by atomic mass is 35.5. The van der Waals surface area contributed by atoms with Gasteiger partial charge in [0.25, 0.3) is 5.91 Å². The molecule has 2 N–H and O–H groups in total. The first-order chi connectivity index (χ1) is 22.6. The lowest BCUT2D eigenvalue weighted by atomic mass is 9.95. The van der Waals surface area contributed by atoms with Crippen molar-refractivity contribution in [3.63, 3.8) is 0 Å². The molecule has 0 radical (unpaired) electrons. The molecule has 47 heavy (non-hydrogen) atoms. The number of anilines is 2. The second-order valence-electron chi connectivity index (χ2n) is 11.9. The van der Waals surface area contributed by atoms with Crippen LogP contribution in [-0.4, -0.2) is 85.3 Å². The molecule has 0 spiro atoms. The molecule has 3 amide bonds. The molecule has 1 atom stereocenters. The van der Waals surface area contributed by atoms with Crippen LogP contribution in [0, 0.1) is 5.92 Å². The van der Waals surface area contributed by atoms with E-state index in [1.165, 1.54) is 17.0 Å². The number of hydrogen-bond donors (Lipinski definition) is 2. The number of aromatic nitrogens is 2. The van der Waals surface area contributed by atoms with Gasteiger partial charge in [-0.05, 0) is 87.7 Å². The van der Waals surface area contributed by atoms with E-state index in [1.54, 1.807) is 17.2 Å². The topological polar surface area (TPSA) is 103 Å². The van der Waals surface area contributed by atoms with Gasteiger partial charge in [-0.3, -0.25) is 9.69 Å². The zero-order chi connectivity index (χ0) is 33.1. The Balaban J connectivity index is 1.26. The summed E-state index contributed by atoms with van der Waals surface area (Å²) in [6, 6.07) is 9.78. The molecule has 0 unspecified atom stereocenters. The van der Waals surface area contributed by atoms with Crippen LogP contribution in [0.2, 0.25) is 5.02 Å². The number of nitrogens with zero attached hydrogens (tertiary/aromatic N) is 5. The van der Waals surface area contributed by atoms with Crippen molar-refractivity contribution in [2.45, 2.75) is 38.4 Å². The minimum absolute atomic E-state index is 0.0523. The maximum Gasteiger partial charge on any atom is 0.418 e. The van der Waals surface area contributed by atoms with Gasteiger partial charge in [0.1, 0.15) is 0 Å². The van der Waals surface area contributed by atoms with E-state index in [1.807, 2.05) is 30.0 Å². The standard InChI is InChI=1S/C33H37ClF3N7O3/c1-2-47-31-24(4-3-12-40-31)26-6-8-28(29(41-26)30(45)39-15-11-21-9-13-38-14-10-21)42-16-17-43-23(19-42)20-44(32(43)46)27-7-5-22(34)18-25(27)33(35,36)37/h3-8,12,18,21,23,38H,2,9-11,13-17,19-20H2,1H3,(H,39,45)/t23-/m0/s1. The molecule has 0 bridgehead atoms. The summed E-state index contributed by atoms with van der Waals surface area (Å²) >= 11 is 5.89. The average Bonchev–Trinajstić information content (AvgIpc) is 3.40. The summed E-state index contributed by atoms with van der Waals surface area (Å²) in [4.78, 5) is 41.1. The second-order valence-corrected chi connectivity index (χ2v) is 12.4. The zero-order valence-corrected chi connectivity index (χ0v) is 26.8. The van der Waals surface area contributed by atoms with E-state index >= 15 is 0 Å². The number of pyridine rings is 2. The molecule has 3 aromatic rings. The number of alkyl halides is 3. The van der Waals surface area contributed by atoms with Gasteiger partial charge >= 0.3 is 12.2 Å². The highest BCUT2D eigenvalue weighted by Gasteiger charge is 2.45. The van der Waals surface area contributed by atoms with Crippen molar-refractivity contribution in [3.05, 3.63) is 64.9 Å². The molecule has 5 heterocycles. The van der Waals surface area contributed by atoms with Gasteiger partial charge in [-0.1, -0.05) is 11.6 Å². The number of nitrogens with one attached hydrogen (secondary N) is 2. The number of piperidine rings is 1. The normalized spacial score (nSPS) is 18.8. The molecule has 3 saturated heterocycles. The van der Waals surface area contributed by atoms with Crippen molar-refractivity contribution in [2.75, 3.05) is 62.2 Å². The fourth-order valence-corrected chi connectivity index (χ4v) is 6.78. The lowest BCUT2D eigenvalue weighted by Crippen LogP contribution is -2.52. The van der Waals surface area contributed by atoms with Crippen molar-refractivity contribution >= 4 is 34.9 Å². The molecule has 2 aromatic heterocycles. The number of hydrogen-bond acceptors (Lipinski definition) is 7. The van der Waals surface area contributed by atoms with Gasteiger partial charge in [-0.25, -0.2) is 14.8 Å². The number of rotatable bonds is 9. The van der Waals surface area contributed by atoms with Gasteiger partial charge in [0.2, 0.25) is 5.88 Å². The Morgan fingerprint density at radius 1 is 1.11 bits per heavy atom. The number of carbonyl (C=O) groups excluding carboxylic acids is 2. The number of urea groups is 1. The van der Waals surface area contributed by atoms with Crippen LogP contribution in [0.3, 0.4) is 0 Å². The van der Waals surface area contributed by atoms with Gasteiger partial charge in [0.15, 0.2) is 5.69 Å². The molecule has 3 aliphatic heterocycles. The maximum absolute atomic E-state index is 13.9. The fourth-order valence-electron chi connectivity index (χ4n) is 6.60. The number of carbonyl (C=O) groups is 2. The van der Waals surface area contributed by atoms with Crippen molar-refractivity contribution in [3.8, 4) is 17.1 Å². The molecule has 10 nitrogen and oxygen atoms in total. The first-order valence-electron chi connectivity index (χ1n) is 15.9. The smallest absolute Gasteiger partial charge is 0.418 e. The minimum Gasteiger partial charge on any atom is -0.477 e. The van der Waals surface area contributed by atoms with Gasteiger partial charge in [0.05, 0.1) is 40.8 Å². The average molecular weight is 672 g/mol. The number of benzene rings is 1. The number of ether oxygens (including phenoxy) is 1. The summed E-state index contributed by atoms with van der Waals surface area (Å²) in [5, 5.41) is 6.36. The molecule has 3 aliphatic rings. The van der Waals surface area contributed by atoms with Crippen LogP contribution in [0.5, 0.6) is 5.88 Å². The van der Waals surface area contributed by atoms with Gasteiger partial charge in [-0.15, -0.1) is 0 Å². The van der Waals surface area contributed by atoms with E-state index in [4.69, 9.17) is 21.3 Å². The fraction of sp³-hybridized carbons (Fsp3) is 0.455. The molecule has 1 aromatic carbocycles. The Morgan fingerprint density at radius 3 is 2.66 bits per heavy atom. The Kier molecular flexibility index (Phi) is 9.74. The molecular formula is C33H37ClF3N7O3. The van der Waals surface area contributed by atoms with Crippen LogP contribution in [0.4, 0.5) is 29.3 Å². The summed E-state index contributed by atoms with van der Waals surface area (Å²) in [6.07, 6.45) is -0.0567. The van der Waals surface area contributed by atoms with Crippen LogP contribution < -0.4 is 25.2 Å². The molecule has 0 aliphatic carbocycles. The van der Waals surface area contributed by atoms with Gasteiger partial charge < -0.3 is 25.2 Å². The van der Waals surface area contributed by atoms with Crippen molar-refractivity contribution in [2.24, 2.45) is 5.92 Å². The molecule has 3 fully saturated rings. The Hall–Kier alpha value is -4.10. The predicted molar refractivity (Wildman–Crippen MR) is 173 cm³/mol. The summed E-state index contributed by atoms with van der Waals surface area (Å²) in [5.41, 5.74) is 0.801. The monoisotopic (exact) mass is 671 g/mol. The third kappa shape index (κ3) is 7.10. The predicted octanol–water partition coefficient (Wildman–Crippen LogP) is 5.46. The molecule has 250 valence electrons. The van der Waals surface area contributed by atoms with E-state index < -0.39 is 23.8 Å². The highest BCUT2D eigenvalue weighted by molar-refractivity contribution is 6.30. The molecule has 6 rings (SSSR count). The third-order valence-electron chi connectivity index (χ3n) is 8.96. The number of amides is 3. The summed E-state index contributed by atoms with van der Waals surface area (Å²) in [6.45, 7) is 5.73. The van der Waals surface area contributed by atoms with Crippen molar-refractivity contribution in [1.82, 2.24) is 25.5 Å². The maximum atomic E-state index is 13.9. The Bertz CT molecular complexity index is 1620. The van der Waals surface area contributed by atoms with Gasteiger partial charge in [-0.2, -0.15) is 13.2 Å². The number of piperazine rings is 1. The summed E-state index contributed by atoms with van der Waals surface area (Å²) in [7, 11) is 0. The third-order valence-corrected chi connectivity index (χ3v) is 9.20. The first-order valence-corrected chi connectivity index (χ1v) is 16.3. The second kappa shape index (κ2) is 13.9. The minimum atomic E-state index is -4.69. The van der Waals surface area contributed by atoms with E-state index in [0.29, 0.717) is 55.0 Å². The van der Waals surface area contributed by atoms with Crippen LogP contribution in [0.25, 0.3) is 11.3 Å². The van der Waals surface area contributed by atoms with E-state index in [-0.39, 0.29) is 35.4 Å². The van der Waals surface area contributed by atoms with Crippen LogP contribution >= 0.6 is 11.6 Å². The van der Waals surface area contributed by atoms with E-state index in [2.05, 4.69) is 15.6 Å². The van der Waals surface area contributed by atoms with Crippen LogP contribution in [0.1, 0.15) is 42.2 Å². The highest BCUT2D eigenvalue weighted by Crippen LogP contribution is 2.40. The summed E-state index contributed by atoms with van der Waals surface area (Å²) < 4.78 is 47.5. The van der Waals surface area contributed by atoms with Crippen molar-refractivity contribution in [1.29, 1.82) is 0 Å². The van der Waals surface area contributed by atoms with Crippen LogP contribution in [0.15, 0.2) is 48.7 Å². The lowest BCUT2D eigenvalue weighted by molar-refractivity contribution is -0.137. The summed E-state index contributed by atoms with van der Waals surface area (Å²) in [5.74, 6) is 0.625. The molecule has 14 heteroatoms. The Morgan fingerprint density at radius 2 is 1.89 bits per heavy atom. The van der Waals surface area contributed by atoms with Gasteiger partial charge in [0, 0.05) is 43.9 Å². The van der Waals surface area contributed by atoms with Crippen molar-refractivity contribution < 1.29 is 27.5 Å².